The number of hydrogen-bond donors (Lipinski definition) is 2. The number of nitrogens with zero attached hydrogens (tertiary/aromatic N) is 2. The Balaban J connectivity index is 1.68. The Kier molecular flexibility index (Phi) is 5.52. The SMILES string of the molecule is O=C(NNC1CC(=O)N(c2cccc(C(F)(F)F)c2)C1=O)c1ccc([N+](=O)[O-])cc1. The fourth-order valence-electron chi connectivity index (χ4n) is 2.80. The standard InChI is InChI=1S/C18H13F3N4O5/c19-18(20,21)11-2-1-3-13(8-11)24-15(26)9-14(17(24)28)22-23-16(27)10-4-6-12(7-5-10)25(29)30/h1-8,14,22H,9H2,(H,23,27). The molecular weight excluding hydrogens is 409 g/mol. The molecule has 1 atom stereocenters. The molecule has 12 heteroatoms. The summed E-state index contributed by atoms with van der Waals surface area (Å²) in [7, 11) is 0. The van der Waals surface area contributed by atoms with Crippen molar-refractivity contribution in [3.63, 3.8) is 0 Å². The minimum Gasteiger partial charge on any atom is -0.287 e. The highest BCUT2D eigenvalue weighted by molar-refractivity contribution is 6.22. The van der Waals surface area contributed by atoms with E-state index >= 15 is 0 Å². The first-order valence-corrected chi connectivity index (χ1v) is 8.42. The highest BCUT2D eigenvalue weighted by atomic mass is 19.4. The van der Waals surface area contributed by atoms with E-state index in [1.807, 2.05) is 0 Å². The Morgan fingerprint density at radius 1 is 1.13 bits per heavy atom. The average Bonchev–Trinajstić information content (AvgIpc) is 2.99. The van der Waals surface area contributed by atoms with Gasteiger partial charge in [-0.15, -0.1) is 0 Å². The lowest BCUT2D eigenvalue weighted by molar-refractivity contribution is -0.384. The summed E-state index contributed by atoms with van der Waals surface area (Å²) in [4.78, 5) is 47.4. The van der Waals surface area contributed by atoms with Crippen LogP contribution in [0.1, 0.15) is 22.3 Å². The quantitative estimate of drug-likeness (QED) is 0.433. The number of amides is 3. The highest BCUT2D eigenvalue weighted by Crippen LogP contribution is 2.33. The molecule has 156 valence electrons. The van der Waals surface area contributed by atoms with E-state index in [-0.39, 0.29) is 23.4 Å². The van der Waals surface area contributed by atoms with Crippen LogP contribution in [-0.4, -0.2) is 28.7 Å². The summed E-state index contributed by atoms with van der Waals surface area (Å²) in [5.74, 6) is -2.28. The number of nitrogens with one attached hydrogen (secondary N) is 2. The van der Waals surface area contributed by atoms with Gasteiger partial charge in [0, 0.05) is 17.7 Å². The van der Waals surface area contributed by atoms with Crippen LogP contribution >= 0.6 is 0 Å². The summed E-state index contributed by atoms with van der Waals surface area (Å²) in [6.07, 6.45) is -5.02. The van der Waals surface area contributed by atoms with Gasteiger partial charge in [-0.3, -0.25) is 29.9 Å². The molecular formula is C18H13F3N4O5. The molecule has 2 aromatic carbocycles. The van der Waals surface area contributed by atoms with Crippen molar-refractivity contribution >= 4 is 29.1 Å². The predicted molar refractivity (Wildman–Crippen MR) is 96.0 cm³/mol. The molecule has 2 N–H and O–H groups in total. The van der Waals surface area contributed by atoms with E-state index in [2.05, 4.69) is 10.9 Å². The Hall–Kier alpha value is -3.80. The normalized spacial score (nSPS) is 16.6. The topological polar surface area (TPSA) is 122 Å². The summed E-state index contributed by atoms with van der Waals surface area (Å²) in [6.45, 7) is 0. The van der Waals surface area contributed by atoms with Gasteiger partial charge in [-0.05, 0) is 30.3 Å². The molecule has 0 radical (unpaired) electrons. The molecule has 2 aromatic rings. The van der Waals surface area contributed by atoms with E-state index in [1.54, 1.807) is 0 Å². The minimum absolute atomic E-state index is 0.0552. The third kappa shape index (κ3) is 4.27. The van der Waals surface area contributed by atoms with Crippen molar-refractivity contribution in [2.24, 2.45) is 0 Å². The molecule has 3 amide bonds. The number of benzene rings is 2. The van der Waals surface area contributed by atoms with Crippen LogP contribution in [0.2, 0.25) is 0 Å². The fraction of sp³-hybridized carbons (Fsp3) is 0.167. The first kappa shape index (κ1) is 20.9. The molecule has 1 fully saturated rings. The molecule has 3 rings (SSSR count). The predicted octanol–water partition coefficient (Wildman–Crippen LogP) is 2.18. The molecule has 0 aliphatic carbocycles. The van der Waals surface area contributed by atoms with Crippen molar-refractivity contribution in [1.29, 1.82) is 0 Å². The largest absolute Gasteiger partial charge is 0.416 e. The zero-order valence-electron chi connectivity index (χ0n) is 15.0. The first-order valence-electron chi connectivity index (χ1n) is 8.42. The van der Waals surface area contributed by atoms with Crippen LogP contribution in [0.15, 0.2) is 48.5 Å². The average molecular weight is 422 g/mol. The zero-order valence-corrected chi connectivity index (χ0v) is 15.0. The van der Waals surface area contributed by atoms with E-state index in [4.69, 9.17) is 0 Å². The number of nitro benzene ring substituents is 1. The van der Waals surface area contributed by atoms with Crippen molar-refractivity contribution in [3.8, 4) is 0 Å². The lowest BCUT2D eigenvalue weighted by atomic mass is 10.2. The van der Waals surface area contributed by atoms with E-state index in [0.29, 0.717) is 11.0 Å². The number of halogens is 3. The zero-order chi connectivity index (χ0) is 22.1. The number of carbonyl (C=O) groups excluding carboxylic acids is 3. The first-order chi connectivity index (χ1) is 14.1. The van der Waals surface area contributed by atoms with Crippen LogP contribution in [0.5, 0.6) is 0 Å². The summed E-state index contributed by atoms with van der Waals surface area (Å²) in [5.41, 5.74) is 3.18. The number of hydrazine groups is 1. The number of non-ortho nitro benzene ring substituents is 1. The van der Waals surface area contributed by atoms with Crippen molar-refractivity contribution in [1.82, 2.24) is 10.9 Å². The maximum Gasteiger partial charge on any atom is 0.416 e. The van der Waals surface area contributed by atoms with Crippen LogP contribution in [0, 0.1) is 10.1 Å². The molecule has 0 spiro atoms. The van der Waals surface area contributed by atoms with E-state index in [0.717, 1.165) is 24.3 Å². The molecule has 30 heavy (non-hydrogen) atoms. The van der Waals surface area contributed by atoms with Crippen molar-refractivity contribution < 1.29 is 32.5 Å². The second-order valence-corrected chi connectivity index (χ2v) is 6.27. The Morgan fingerprint density at radius 3 is 2.40 bits per heavy atom. The summed E-state index contributed by atoms with van der Waals surface area (Å²) in [6, 6.07) is 7.23. The highest BCUT2D eigenvalue weighted by Gasteiger charge is 2.40. The van der Waals surface area contributed by atoms with Gasteiger partial charge in [-0.1, -0.05) is 6.07 Å². The second kappa shape index (κ2) is 7.91. The van der Waals surface area contributed by atoms with Gasteiger partial charge in [0.25, 0.3) is 17.5 Å². The van der Waals surface area contributed by atoms with Crippen LogP contribution < -0.4 is 15.8 Å². The lowest BCUT2D eigenvalue weighted by Gasteiger charge is -2.17. The summed E-state index contributed by atoms with van der Waals surface area (Å²) < 4.78 is 38.6. The summed E-state index contributed by atoms with van der Waals surface area (Å²) >= 11 is 0. The van der Waals surface area contributed by atoms with Crippen LogP contribution in [0.25, 0.3) is 0 Å². The minimum atomic E-state index is -4.64. The van der Waals surface area contributed by atoms with E-state index in [1.165, 1.54) is 18.2 Å². The van der Waals surface area contributed by atoms with Crippen LogP contribution in [0.4, 0.5) is 24.5 Å². The molecule has 0 aromatic heterocycles. The van der Waals surface area contributed by atoms with Crippen molar-refractivity contribution in [2.45, 2.75) is 18.6 Å². The van der Waals surface area contributed by atoms with Gasteiger partial charge in [0.2, 0.25) is 5.91 Å². The maximum absolute atomic E-state index is 12.9. The Morgan fingerprint density at radius 2 is 1.80 bits per heavy atom. The van der Waals surface area contributed by atoms with E-state index < -0.39 is 40.4 Å². The smallest absolute Gasteiger partial charge is 0.287 e. The van der Waals surface area contributed by atoms with Crippen LogP contribution in [0.3, 0.4) is 0 Å². The monoisotopic (exact) mass is 422 g/mol. The third-order valence-corrected chi connectivity index (χ3v) is 4.28. The Labute approximate surface area is 166 Å². The van der Waals surface area contributed by atoms with Gasteiger partial charge in [0.15, 0.2) is 0 Å². The van der Waals surface area contributed by atoms with Gasteiger partial charge in [-0.2, -0.15) is 13.2 Å². The van der Waals surface area contributed by atoms with Crippen molar-refractivity contribution in [2.75, 3.05) is 4.90 Å². The van der Waals surface area contributed by atoms with Gasteiger partial charge in [-0.25, -0.2) is 10.3 Å². The molecule has 9 nitrogen and oxygen atoms in total. The number of anilines is 1. The van der Waals surface area contributed by atoms with E-state index in [9.17, 15) is 37.7 Å². The van der Waals surface area contributed by atoms with Gasteiger partial charge in [0.1, 0.15) is 6.04 Å². The molecule has 1 aliphatic heterocycles. The number of nitro groups is 1. The summed E-state index contributed by atoms with van der Waals surface area (Å²) in [5, 5.41) is 10.6. The number of hydrogen-bond acceptors (Lipinski definition) is 6. The van der Waals surface area contributed by atoms with Gasteiger partial charge in [0.05, 0.1) is 22.6 Å². The number of imide groups is 1. The number of rotatable bonds is 5. The maximum atomic E-state index is 12.9. The molecule has 0 bridgehead atoms. The fourth-order valence-corrected chi connectivity index (χ4v) is 2.80. The van der Waals surface area contributed by atoms with Gasteiger partial charge >= 0.3 is 6.18 Å². The Bertz CT molecular complexity index is 1020. The lowest BCUT2D eigenvalue weighted by Crippen LogP contribution is -2.48. The number of alkyl halides is 3. The van der Waals surface area contributed by atoms with Crippen LogP contribution in [-0.2, 0) is 15.8 Å². The molecule has 0 saturated carbocycles. The second-order valence-electron chi connectivity index (χ2n) is 6.27. The number of carbonyl (C=O) groups is 3. The molecule has 1 aliphatic rings. The molecule has 1 unspecified atom stereocenters. The van der Waals surface area contributed by atoms with Crippen molar-refractivity contribution in [3.05, 3.63) is 69.8 Å². The molecule has 1 heterocycles. The molecule has 1 saturated heterocycles. The third-order valence-electron chi connectivity index (χ3n) is 4.28. The van der Waals surface area contributed by atoms with Gasteiger partial charge < -0.3 is 0 Å².